The van der Waals surface area contributed by atoms with Crippen LogP contribution in [-0.4, -0.2) is 45.3 Å². The lowest BCUT2D eigenvalue weighted by atomic mass is 9.33. The molecule has 34 heavy (non-hydrogen) atoms. The molecule has 0 heterocycles. The van der Waals surface area contributed by atoms with Gasteiger partial charge in [-0.2, -0.15) is 0 Å². The van der Waals surface area contributed by atoms with Crippen LogP contribution in [0.3, 0.4) is 0 Å². The van der Waals surface area contributed by atoms with Gasteiger partial charge in [0.1, 0.15) is 0 Å². The molecule has 4 fully saturated rings. The van der Waals surface area contributed by atoms with Crippen LogP contribution < -0.4 is 0 Å². The van der Waals surface area contributed by atoms with Crippen LogP contribution in [0.4, 0.5) is 0 Å². The molecule has 4 N–H and O–H groups in total. The van der Waals surface area contributed by atoms with Gasteiger partial charge >= 0.3 is 0 Å². The highest BCUT2D eigenvalue weighted by molar-refractivity contribution is 5.35. The fourth-order valence-corrected chi connectivity index (χ4v) is 10.8. The summed E-state index contributed by atoms with van der Waals surface area (Å²) in [5, 5.41) is 43.9. The van der Waals surface area contributed by atoms with Gasteiger partial charge in [-0.15, -0.1) is 0 Å². The lowest BCUT2D eigenvalue weighted by Crippen LogP contribution is -2.67. The molecule has 0 aromatic rings. The van der Waals surface area contributed by atoms with Gasteiger partial charge in [-0.25, -0.2) is 0 Å². The van der Waals surface area contributed by atoms with Gasteiger partial charge in [0.05, 0.1) is 24.9 Å². The molecule has 4 heteroatoms. The molecular weight excluding hydrogens is 424 g/mol. The number of rotatable bonds is 1. The van der Waals surface area contributed by atoms with Crippen molar-refractivity contribution in [2.24, 2.45) is 50.2 Å². The van der Waals surface area contributed by atoms with E-state index < -0.39 is 17.6 Å². The van der Waals surface area contributed by atoms with Crippen molar-refractivity contribution >= 4 is 0 Å². The molecule has 4 nitrogen and oxygen atoms in total. The zero-order valence-corrected chi connectivity index (χ0v) is 22.7. The Labute approximate surface area is 207 Å². The van der Waals surface area contributed by atoms with E-state index in [-0.39, 0.29) is 45.7 Å². The summed E-state index contributed by atoms with van der Waals surface area (Å²) in [7, 11) is 0. The molecule has 0 radical (unpaired) electrons. The average Bonchev–Trinajstić information content (AvgIpc) is 2.76. The third kappa shape index (κ3) is 2.81. The molecule has 0 amide bonds. The van der Waals surface area contributed by atoms with Gasteiger partial charge in [0.2, 0.25) is 0 Å². The van der Waals surface area contributed by atoms with Gasteiger partial charge in [0.15, 0.2) is 0 Å². The summed E-state index contributed by atoms with van der Waals surface area (Å²) >= 11 is 0. The molecule has 1 unspecified atom stereocenters. The van der Waals surface area contributed by atoms with Crippen LogP contribution in [0.25, 0.3) is 0 Å². The van der Waals surface area contributed by atoms with E-state index in [9.17, 15) is 20.4 Å². The Kier molecular flexibility index (Phi) is 5.44. The van der Waals surface area contributed by atoms with Crippen molar-refractivity contribution < 1.29 is 20.4 Å². The zero-order valence-electron chi connectivity index (χ0n) is 22.7. The van der Waals surface area contributed by atoms with E-state index in [1.807, 2.05) is 0 Å². The largest absolute Gasteiger partial charge is 0.396 e. The minimum Gasteiger partial charge on any atom is -0.396 e. The maximum absolute atomic E-state index is 11.3. The first-order valence-corrected chi connectivity index (χ1v) is 14.0. The number of aliphatic hydroxyl groups excluding tert-OH is 4. The molecule has 0 aromatic heterocycles. The number of allylic oxidation sites excluding steroid dienone is 2. The van der Waals surface area contributed by atoms with E-state index in [0.29, 0.717) is 11.8 Å². The molecule has 5 rings (SSSR count). The highest BCUT2D eigenvalue weighted by atomic mass is 16.3. The molecule has 5 aliphatic carbocycles. The van der Waals surface area contributed by atoms with E-state index in [4.69, 9.17) is 0 Å². The SMILES string of the molecule is CC1(C)C[C@@H]2C3=CC[C@@H]4[C@@]5(C)CC[C@@H](O)C(C)(C)C5CC[C@@]4(C)[C@]3(C)CC[C@@]2(CO)[C@@H](O)[C@@H]1O. The van der Waals surface area contributed by atoms with Gasteiger partial charge in [-0.05, 0) is 96.2 Å². The maximum atomic E-state index is 11.3. The van der Waals surface area contributed by atoms with Crippen molar-refractivity contribution in [3.8, 4) is 0 Å². The second-order valence-corrected chi connectivity index (χ2v) is 15.2. The predicted molar refractivity (Wildman–Crippen MR) is 135 cm³/mol. The Hall–Kier alpha value is -0.420. The van der Waals surface area contributed by atoms with Crippen LogP contribution in [0.2, 0.25) is 0 Å². The Morgan fingerprint density at radius 3 is 2.15 bits per heavy atom. The first-order chi connectivity index (χ1) is 15.6. The van der Waals surface area contributed by atoms with Gasteiger partial charge in [-0.1, -0.05) is 60.1 Å². The van der Waals surface area contributed by atoms with Crippen molar-refractivity contribution in [2.75, 3.05) is 6.61 Å². The normalized spacial score (nSPS) is 55.8. The van der Waals surface area contributed by atoms with Crippen LogP contribution in [0.1, 0.15) is 99.8 Å². The van der Waals surface area contributed by atoms with Crippen LogP contribution in [0.15, 0.2) is 11.6 Å². The molecule has 0 aromatic carbocycles. The summed E-state index contributed by atoms with van der Waals surface area (Å²) in [6.07, 6.45) is 8.54. The van der Waals surface area contributed by atoms with Gasteiger partial charge in [0, 0.05) is 5.41 Å². The lowest BCUT2D eigenvalue weighted by molar-refractivity contribution is -0.227. The smallest absolute Gasteiger partial charge is 0.0888 e. The van der Waals surface area contributed by atoms with Crippen molar-refractivity contribution in [2.45, 2.75) is 118 Å². The van der Waals surface area contributed by atoms with Crippen LogP contribution in [0, 0.1) is 50.2 Å². The van der Waals surface area contributed by atoms with E-state index >= 15 is 0 Å². The molecule has 0 bridgehead atoms. The summed E-state index contributed by atoms with van der Waals surface area (Å²) in [5.74, 6) is 1.22. The fourth-order valence-electron chi connectivity index (χ4n) is 10.8. The highest BCUT2D eigenvalue weighted by Gasteiger charge is 2.69. The minimum atomic E-state index is -0.892. The maximum Gasteiger partial charge on any atom is 0.0888 e. The van der Waals surface area contributed by atoms with Crippen LogP contribution >= 0.6 is 0 Å². The fraction of sp³-hybridized carbons (Fsp3) is 0.933. The van der Waals surface area contributed by atoms with Crippen molar-refractivity contribution in [1.82, 2.24) is 0 Å². The summed E-state index contributed by atoms with van der Waals surface area (Å²) in [6, 6.07) is 0. The summed E-state index contributed by atoms with van der Waals surface area (Å²) < 4.78 is 0. The Balaban J connectivity index is 1.60. The molecule has 10 atom stereocenters. The highest BCUT2D eigenvalue weighted by Crippen LogP contribution is 2.75. The average molecular weight is 475 g/mol. The summed E-state index contributed by atoms with van der Waals surface area (Å²) in [5.41, 5.74) is 0.801. The monoisotopic (exact) mass is 474 g/mol. The van der Waals surface area contributed by atoms with Crippen molar-refractivity contribution in [1.29, 1.82) is 0 Å². The summed E-state index contributed by atoms with van der Waals surface area (Å²) in [4.78, 5) is 0. The van der Waals surface area contributed by atoms with Crippen molar-refractivity contribution in [3.63, 3.8) is 0 Å². The number of aliphatic hydroxyl groups is 4. The second-order valence-electron chi connectivity index (χ2n) is 15.2. The van der Waals surface area contributed by atoms with Crippen molar-refractivity contribution in [3.05, 3.63) is 11.6 Å². The number of hydrogen-bond acceptors (Lipinski definition) is 4. The van der Waals surface area contributed by atoms with Crippen LogP contribution in [-0.2, 0) is 0 Å². The predicted octanol–water partition coefficient (Wildman–Crippen LogP) is 5.08. The molecule has 0 saturated heterocycles. The topological polar surface area (TPSA) is 80.9 Å². The third-order valence-electron chi connectivity index (χ3n) is 13.4. The molecule has 0 aliphatic heterocycles. The molecule has 4 saturated carbocycles. The Morgan fingerprint density at radius 2 is 1.50 bits per heavy atom. The standard InChI is InChI=1S/C30H50O4/c1-25(2)16-19-18-8-9-21-27(5)12-11-22(32)26(3,4)20(27)10-13-29(21,7)28(18,6)14-15-30(19,17-31)24(34)23(25)33/h8,19-24,31-34H,9-17H2,1-7H3/t19-,20?,21-,22-,23+,24+,27+,28-,29-,30+/m1/s1. The lowest BCUT2D eigenvalue weighted by Gasteiger charge is -2.72. The molecule has 5 aliphatic rings. The second kappa shape index (κ2) is 7.33. The van der Waals surface area contributed by atoms with E-state index in [2.05, 4.69) is 54.5 Å². The molecule has 0 spiro atoms. The molecule has 194 valence electrons. The number of fused-ring (bicyclic) bond motifs is 7. The van der Waals surface area contributed by atoms with Gasteiger partial charge in [-0.3, -0.25) is 0 Å². The number of hydrogen-bond donors (Lipinski definition) is 4. The van der Waals surface area contributed by atoms with Crippen LogP contribution in [0.5, 0.6) is 0 Å². The van der Waals surface area contributed by atoms with Gasteiger partial charge in [0.25, 0.3) is 0 Å². The quantitative estimate of drug-likeness (QED) is 0.399. The van der Waals surface area contributed by atoms with E-state index in [1.54, 1.807) is 0 Å². The van der Waals surface area contributed by atoms with Gasteiger partial charge < -0.3 is 20.4 Å². The minimum absolute atomic E-state index is 0.0333. The third-order valence-corrected chi connectivity index (χ3v) is 13.4. The van der Waals surface area contributed by atoms with E-state index in [0.717, 1.165) is 38.5 Å². The summed E-state index contributed by atoms with van der Waals surface area (Å²) in [6.45, 7) is 16.2. The molecular formula is C30H50O4. The first kappa shape index (κ1) is 25.2. The van der Waals surface area contributed by atoms with E-state index in [1.165, 1.54) is 18.4 Å². The Bertz CT molecular complexity index is 877. The zero-order chi connectivity index (χ0) is 25.1. The Morgan fingerprint density at radius 1 is 0.824 bits per heavy atom. The first-order valence-electron chi connectivity index (χ1n) is 14.0.